The van der Waals surface area contributed by atoms with Crippen LogP contribution < -0.4 is 5.43 Å². The summed E-state index contributed by atoms with van der Waals surface area (Å²) in [6.07, 6.45) is 0. The number of aliphatic imine (C=N–C) groups is 1. The topological polar surface area (TPSA) is 36.8 Å². The fourth-order valence-electron chi connectivity index (χ4n) is 2.83. The fourth-order valence-corrected chi connectivity index (χ4v) is 2.83. The van der Waals surface area contributed by atoms with Crippen molar-refractivity contribution >= 4 is 11.5 Å². The van der Waals surface area contributed by atoms with Gasteiger partial charge in [0.05, 0.1) is 5.71 Å². The number of rotatable bonds is 3. The van der Waals surface area contributed by atoms with Gasteiger partial charge < -0.3 is 0 Å². The summed E-state index contributed by atoms with van der Waals surface area (Å²) in [5, 5.41) is 4.65. The summed E-state index contributed by atoms with van der Waals surface area (Å²) in [6.45, 7) is 0. The fraction of sp³-hybridized carbons (Fsp3) is 0.0476. The van der Waals surface area contributed by atoms with Crippen molar-refractivity contribution in [2.45, 2.75) is 6.04 Å². The lowest BCUT2D eigenvalue weighted by atomic mass is 9.96. The Labute approximate surface area is 141 Å². The average molecular weight is 311 g/mol. The van der Waals surface area contributed by atoms with Crippen LogP contribution in [0.2, 0.25) is 0 Å². The molecule has 0 saturated heterocycles. The lowest BCUT2D eigenvalue weighted by molar-refractivity contribution is 0.860. The van der Waals surface area contributed by atoms with Crippen LogP contribution in [0.3, 0.4) is 0 Å². The van der Waals surface area contributed by atoms with Crippen LogP contribution in [0.15, 0.2) is 101 Å². The van der Waals surface area contributed by atoms with Gasteiger partial charge in [0.25, 0.3) is 0 Å². The van der Waals surface area contributed by atoms with E-state index in [0.29, 0.717) is 0 Å². The molecule has 0 aliphatic carbocycles. The zero-order chi connectivity index (χ0) is 16.2. The number of amidine groups is 1. The average Bonchev–Trinajstić information content (AvgIpc) is 2.69. The molecule has 0 aromatic heterocycles. The third kappa shape index (κ3) is 2.84. The molecule has 3 nitrogen and oxygen atoms in total. The molecule has 1 unspecified atom stereocenters. The molecule has 1 heterocycles. The Bertz CT molecular complexity index is 869. The first-order valence-electron chi connectivity index (χ1n) is 7.99. The van der Waals surface area contributed by atoms with Crippen molar-refractivity contribution in [3.05, 3.63) is 108 Å². The van der Waals surface area contributed by atoms with Gasteiger partial charge in [0.1, 0.15) is 11.9 Å². The van der Waals surface area contributed by atoms with E-state index in [1.54, 1.807) is 0 Å². The third-order valence-electron chi connectivity index (χ3n) is 4.03. The molecule has 116 valence electrons. The minimum Gasteiger partial charge on any atom is -0.261 e. The summed E-state index contributed by atoms with van der Waals surface area (Å²) >= 11 is 0. The van der Waals surface area contributed by atoms with Crippen LogP contribution >= 0.6 is 0 Å². The highest BCUT2D eigenvalue weighted by Gasteiger charge is 2.24. The predicted molar refractivity (Wildman–Crippen MR) is 98.3 cm³/mol. The van der Waals surface area contributed by atoms with Gasteiger partial charge in [-0.1, -0.05) is 91.0 Å². The Morgan fingerprint density at radius 1 is 0.625 bits per heavy atom. The Balaban J connectivity index is 1.78. The highest BCUT2D eigenvalue weighted by Crippen LogP contribution is 2.26. The van der Waals surface area contributed by atoms with Gasteiger partial charge in [-0.05, 0) is 5.56 Å². The largest absolute Gasteiger partial charge is 0.261 e. The van der Waals surface area contributed by atoms with Crippen LogP contribution in [0.1, 0.15) is 22.7 Å². The molecular formula is C21H17N3. The lowest BCUT2D eigenvalue weighted by Crippen LogP contribution is -2.30. The summed E-state index contributed by atoms with van der Waals surface area (Å²) in [6, 6.07) is 30.5. The molecular weight excluding hydrogens is 294 g/mol. The Hall–Kier alpha value is -3.20. The summed E-state index contributed by atoms with van der Waals surface area (Å²) in [7, 11) is 0. The van der Waals surface area contributed by atoms with Crippen molar-refractivity contribution in [2.24, 2.45) is 10.1 Å². The van der Waals surface area contributed by atoms with Crippen LogP contribution in [0.25, 0.3) is 0 Å². The van der Waals surface area contributed by atoms with E-state index in [9.17, 15) is 0 Å². The number of hydrogen-bond acceptors (Lipinski definition) is 3. The van der Waals surface area contributed by atoms with Crippen LogP contribution in [-0.4, -0.2) is 11.5 Å². The molecule has 3 aromatic carbocycles. The number of hydrazone groups is 1. The normalized spacial score (nSPS) is 16.8. The van der Waals surface area contributed by atoms with Crippen molar-refractivity contribution < 1.29 is 0 Å². The quantitative estimate of drug-likeness (QED) is 0.774. The van der Waals surface area contributed by atoms with Crippen molar-refractivity contribution in [1.82, 2.24) is 5.43 Å². The van der Waals surface area contributed by atoms with Gasteiger partial charge in [0.2, 0.25) is 0 Å². The highest BCUT2D eigenvalue weighted by molar-refractivity contribution is 6.10. The minimum atomic E-state index is -0.120. The predicted octanol–water partition coefficient (Wildman–Crippen LogP) is 4.18. The number of benzene rings is 3. The molecule has 3 heteroatoms. The molecule has 0 fully saturated rings. The van der Waals surface area contributed by atoms with E-state index < -0.39 is 0 Å². The molecule has 0 bridgehead atoms. The first-order chi connectivity index (χ1) is 11.9. The van der Waals surface area contributed by atoms with Gasteiger partial charge >= 0.3 is 0 Å². The van der Waals surface area contributed by atoms with E-state index in [2.05, 4.69) is 34.8 Å². The van der Waals surface area contributed by atoms with E-state index in [0.717, 1.165) is 28.2 Å². The molecule has 1 atom stereocenters. The van der Waals surface area contributed by atoms with Crippen molar-refractivity contribution in [3.63, 3.8) is 0 Å². The monoisotopic (exact) mass is 311 g/mol. The van der Waals surface area contributed by atoms with E-state index in [-0.39, 0.29) is 6.04 Å². The van der Waals surface area contributed by atoms with E-state index in [1.807, 2.05) is 66.7 Å². The Morgan fingerprint density at radius 2 is 1.17 bits per heavy atom. The first kappa shape index (κ1) is 14.4. The standard InChI is InChI=1S/C21H17N3/c1-4-10-16(11-5-1)19-20(17-12-6-2-7-13-17)23-24-21(22-19)18-14-8-3-9-15-18/h1-15,19H,(H,22,24). The molecule has 24 heavy (non-hydrogen) atoms. The van der Waals surface area contributed by atoms with Crippen LogP contribution in [0.4, 0.5) is 0 Å². The zero-order valence-electron chi connectivity index (χ0n) is 13.1. The SMILES string of the molecule is c1ccc(C2=NC(c3ccccc3)C(c3ccccc3)=NN2)cc1. The van der Waals surface area contributed by atoms with Crippen molar-refractivity contribution in [2.75, 3.05) is 0 Å². The van der Waals surface area contributed by atoms with Gasteiger partial charge in [-0.2, -0.15) is 5.10 Å². The van der Waals surface area contributed by atoms with E-state index in [1.165, 1.54) is 0 Å². The van der Waals surface area contributed by atoms with Crippen molar-refractivity contribution in [3.8, 4) is 0 Å². The summed E-state index contributed by atoms with van der Waals surface area (Å²) in [5.74, 6) is 0.795. The summed E-state index contributed by atoms with van der Waals surface area (Å²) < 4.78 is 0. The lowest BCUT2D eigenvalue weighted by Gasteiger charge is -2.23. The van der Waals surface area contributed by atoms with E-state index >= 15 is 0 Å². The molecule has 0 saturated carbocycles. The molecule has 0 radical (unpaired) electrons. The van der Waals surface area contributed by atoms with Crippen LogP contribution in [0, 0.1) is 0 Å². The second kappa shape index (κ2) is 6.50. The maximum absolute atomic E-state index is 4.95. The second-order valence-corrected chi connectivity index (χ2v) is 5.63. The molecule has 0 amide bonds. The number of nitrogens with zero attached hydrogens (tertiary/aromatic N) is 2. The van der Waals surface area contributed by atoms with Gasteiger partial charge in [0, 0.05) is 11.1 Å². The second-order valence-electron chi connectivity index (χ2n) is 5.63. The van der Waals surface area contributed by atoms with Gasteiger partial charge in [-0.3, -0.25) is 10.4 Å². The zero-order valence-corrected chi connectivity index (χ0v) is 13.1. The molecule has 0 spiro atoms. The Kier molecular flexibility index (Phi) is 3.90. The maximum Gasteiger partial charge on any atom is 0.149 e. The Morgan fingerprint density at radius 3 is 1.79 bits per heavy atom. The van der Waals surface area contributed by atoms with Gasteiger partial charge in [-0.25, -0.2) is 0 Å². The number of hydrogen-bond donors (Lipinski definition) is 1. The molecule has 3 aromatic rings. The van der Waals surface area contributed by atoms with Crippen LogP contribution in [-0.2, 0) is 0 Å². The molecule has 1 N–H and O–H groups in total. The summed E-state index contributed by atoms with van der Waals surface area (Å²) in [5.41, 5.74) is 7.30. The number of nitrogens with one attached hydrogen (secondary N) is 1. The molecule has 1 aliphatic rings. The van der Waals surface area contributed by atoms with Gasteiger partial charge in [0.15, 0.2) is 0 Å². The third-order valence-corrected chi connectivity index (χ3v) is 4.03. The minimum absolute atomic E-state index is 0.120. The van der Waals surface area contributed by atoms with Crippen molar-refractivity contribution in [1.29, 1.82) is 0 Å². The highest BCUT2D eigenvalue weighted by atomic mass is 15.3. The van der Waals surface area contributed by atoms with Gasteiger partial charge in [-0.15, -0.1) is 0 Å². The molecule has 4 rings (SSSR count). The first-order valence-corrected chi connectivity index (χ1v) is 7.99. The van der Waals surface area contributed by atoms with Crippen LogP contribution in [0.5, 0.6) is 0 Å². The maximum atomic E-state index is 4.95. The smallest absolute Gasteiger partial charge is 0.149 e. The summed E-state index contributed by atoms with van der Waals surface area (Å²) in [4.78, 5) is 4.95. The molecule has 1 aliphatic heterocycles. The van der Waals surface area contributed by atoms with E-state index in [4.69, 9.17) is 4.99 Å².